The predicted molar refractivity (Wildman–Crippen MR) is 142 cm³/mol. The summed E-state index contributed by atoms with van der Waals surface area (Å²) in [5.41, 5.74) is 1.03. The lowest BCUT2D eigenvalue weighted by molar-refractivity contribution is -0.195. The predicted octanol–water partition coefficient (Wildman–Crippen LogP) is 4.88. The van der Waals surface area contributed by atoms with E-state index in [1.54, 1.807) is 53.6 Å². The number of carbonyl (C=O) groups excluding carboxylic acids is 1. The monoisotopic (exact) mass is 575 g/mol. The molecular formula is C28H29ClF3N5O3. The fraction of sp³-hybridized carbons (Fsp3) is 0.357. The number of hydrogen-bond acceptors (Lipinski definition) is 7. The lowest BCUT2D eigenvalue weighted by Crippen LogP contribution is -2.59. The molecule has 0 spiro atoms. The van der Waals surface area contributed by atoms with Crippen LogP contribution in [0.3, 0.4) is 0 Å². The molecule has 8 nitrogen and oxygen atoms in total. The highest BCUT2D eigenvalue weighted by Crippen LogP contribution is 2.40. The number of pyridine rings is 1. The Morgan fingerprint density at radius 1 is 1.12 bits per heavy atom. The second-order valence-corrected chi connectivity index (χ2v) is 10.5. The van der Waals surface area contributed by atoms with E-state index in [0.717, 1.165) is 11.2 Å². The van der Waals surface area contributed by atoms with Crippen LogP contribution in [0.4, 0.5) is 18.9 Å². The molecule has 1 amide bonds. The van der Waals surface area contributed by atoms with Crippen molar-refractivity contribution >= 4 is 23.2 Å². The molecule has 1 aliphatic heterocycles. The number of amides is 1. The second kappa shape index (κ2) is 11.7. The molecule has 2 aliphatic rings. The molecule has 1 aromatic heterocycles. The summed E-state index contributed by atoms with van der Waals surface area (Å²) < 4.78 is 41.7. The standard InChI is InChI=1S/C28H29ClF3N5O3/c29-23-10-2-1-9-22(23)26(27(39)34-20-15-28(31,32)16-20)36(21-8-5-6-18(30)14-21)37(40)24-11-12-25(38)35(24)17-19-7-3-4-13-33-19/h1-10,13-14,20,24-26,38,40H,11-12,15-17H2,(H,34,39)/t24-,25?,26?/m1/s1. The third-order valence-electron chi connectivity index (χ3n) is 7.21. The van der Waals surface area contributed by atoms with Crippen molar-refractivity contribution in [2.45, 2.75) is 62.6 Å². The first-order valence-electron chi connectivity index (χ1n) is 12.9. The Morgan fingerprint density at radius 3 is 2.55 bits per heavy atom. The van der Waals surface area contributed by atoms with Crippen LogP contribution in [0.2, 0.25) is 5.02 Å². The smallest absolute Gasteiger partial charge is 0.252 e. The largest absolute Gasteiger partial charge is 0.378 e. The number of aromatic nitrogens is 1. The third-order valence-corrected chi connectivity index (χ3v) is 7.55. The molecule has 0 radical (unpaired) electrons. The van der Waals surface area contributed by atoms with Gasteiger partial charge in [0.05, 0.1) is 11.4 Å². The Morgan fingerprint density at radius 2 is 1.88 bits per heavy atom. The van der Waals surface area contributed by atoms with Gasteiger partial charge in [-0.15, -0.1) is 0 Å². The number of carbonyl (C=O) groups is 1. The van der Waals surface area contributed by atoms with Crippen molar-refractivity contribution in [2.75, 3.05) is 5.01 Å². The topological polar surface area (TPSA) is 92.2 Å². The van der Waals surface area contributed by atoms with Crippen LogP contribution in [0.25, 0.3) is 0 Å². The van der Waals surface area contributed by atoms with Gasteiger partial charge in [0.1, 0.15) is 18.2 Å². The minimum atomic E-state index is -2.87. The molecule has 3 aromatic rings. The minimum absolute atomic E-state index is 0.112. The summed E-state index contributed by atoms with van der Waals surface area (Å²) in [6.07, 6.45) is -0.586. The first-order valence-corrected chi connectivity index (χ1v) is 13.3. The molecule has 3 N–H and O–H groups in total. The maximum absolute atomic E-state index is 14.5. The number of nitrogens with one attached hydrogen (secondary N) is 1. The average Bonchev–Trinajstić information content (AvgIpc) is 3.26. The number of halogens is 4. The minimum Gasteiger partial charge on any atom is -0.378 e. The SMILES string of the molecule is O=C(NC1CC(F)(F)C1)C(c1ccccc1Cl)N(c1cccc(F)c1)N(O)[C@@H]1CCC(O)N1Cc1ccccn1. The van der Waals surface area contributed by atoms with Crippen molar-refractivity contribution in [1.29, 1.82) is 0 Å². The molecule has 1 aliphatic carbocycles. The number of hydrazine groups is 1. The summed E-state index contributed by atoms with van der Waals surface area (Å²) in [5, 5.41) is 27.4. The Bertz CT molecular complexity index is 1330. The van der Waals surface area contributed by atoms with Gasteiger partial charge in [-0.25, -0.2) is 13.2 Å². The number of benzene rings is 2. The number of alkyl halides is 2. The van der Waals surface area contributed by atoms with Crippen LogP contribution in [0.5, 0.6) is 0 Å². The Balaban J connectivity index is 1.55. The molecule has 1 saturated heterocycles. The van der Waals surface area contributed by atoms with Gasteiger partial charge in [0.25, 0.3) is 5.92 Å². The lowest BCUT2D eigenvalue weighted by atomic mass is 9.88. The molecule has 2 aromatic carbocycles. The van der Waals surface area contributed by atoms with Crippen LogP contribution in [0.15, 0.2) is 72.9 Å². The number of anilines is 1. The van der Waals surface area contributed by atoms with Crippen molar-refractivity contribution in [2.24, 2.45) is 0 Å². The van der Waals surface area contributed by atoms with Gasteiger partial charge < -0.3 is 10.4 Å². The third kappa shape index (κ3) is 6.08. The zero-order chi connectivity index (χ0) is 28.4. The van der Waals surface area contributed by atoms with Gasteiger partial charge in [-0.3, -0.25) is 24.9 Å². The van der Waals surface area contributed by atoms with Crippen molar-refractivity contribution in [3.63, 3.8) is 0 Å². The zero-order valence-corrected chi connectivity index (χ0v) is 22.1. The van der Waals surface area contributed by atoms with Gasteiger partial charge in [-0.05, 0) is 49.2 Å². The molecule has 2 heterocycles. The Hall–Kier alpha value is -3.22. The van der Waals surface area contributed by atoms with Crippen LogP contribution in [0, 0.1) is 5.82 Å². The van der Waals surface area contributed by atoms with Crippen molar-refractivity contribution < 1.29 is 28.3 Å². The fourth-order valence-corrected chi connectivity index (χ4v) is 5.48. The summed E-state index contributed by atoms with van der Waals surface area (Å²) >= 11 is 6.52. The van der Waals surface area contributed by atoms with Crippen molar-refractivity contribution in [3.8, 4) is 0 Å². The molecule has 212 valence electrons. The molecule has 1 saturated carbocycles. The van der Waals surface area contributed by atoms with E-state index in [-0.39, 0.29) is 22.8 Å². The maximum atomic E-state index is 14.5. The van der Waals surface area contributed by atoms with E-state index < -0.39 is 55.0 Å². The highest BCUT2D eigenvalue weighted by atomic mass is 35.5. The molecule has 5 rings (SSSR count). The van der Waals surface area contributed by atoms with Gasteiger partial charge >= 0.3 is 0 Å². The molecule has 3 atom stereocenters. The first-order chi connectivity index (χ1) is 19.1. The number of hydroxylamine groups is 1. The summed E-state index contributed by atoms with van der Waals surface area (Å²) in [4.78, 5) is 19.7. The van der Waals surface area contributed by atoms with Crippen molar-refractivity contribution in [3.05, 3.63) is 95.0 Å². The van der Waals surface area contributed by atoms with Gasteiger partial charge in [0.15, 0.2) is 6.04 Å². The quantitative estimate of drug-likeness (QED) is 0.313. The highest BCUT2D eigenvalue weighted by Gasteiger charge is 2.48. The number of likely N-dealkylation sites (tertiary alicyclic amines) is 1. The maximum Gasteiger partial charge on any atom is 0.252 e. The normalized spacial score (nSPS) is 21.7. The summed E-state index contributed by atoms with van der Waals surface area (Å²) in [5.74, 6) is -4.19. The number of rotatable bonds is 9. The van der Waals surface area contributed by atoms with E-state index >= 15 is 0 Å². The van der Waals surface area contributed by atoms with Crippen LogP contribution in [0.1, 0.15) is 43.0 Å². The molecule has 2 fully saturated rings. The van der Waals surface area contributed by atoms with E-state index in [9.17, 15) is 28.3 Å². The van der Waals surface area contributed by atoms with E-state index in [1.807, 2.05) is 0 Å². The molecule has 0 bridgehead atoms. The number of nitrogens with zero attached hydrogens (tertiary/aromatic N) is 4. The first kappa shape index (κ1) is 28.3. The van der Waals surface area contributed by atoms with E-state index in [1.165, 1.54) is 23.2 Å². The summed E-state index contributed by atoms with van der Waals surface area (Å²) in [6, 6.07) is 15.0. The zero-order valence-electron chi connectivity index (χ0n) is 21.4. The van der Waals surface area contributed by atoms with Gasteiger partial charge in [-0.1, -0.05) is 47.1 Å². The number of aliphatic hydroxyl groups excluding tert-OH is 1. The summed E-state index contributed by atoms with van der Waals surface area (Å²) in [6.45, 7) is 0.181. The van der Waals surface area contributed by atoms with Crippen molar-refractivity contribution in [1.82, 2.24) is 20.4 Å². The van der Waals surface area contributed by atoms with Crippen LogP contribution < -0.4 is 10.3 Å². The second-order valence-electron chi connectivity index (χ2n) is 10.1. The van der Waals surface area contributed by atoms with Crippen LogP contribution in [-0.2, 0) is 11.3 Å². The molecule has 2 unspecified atom stereocenters. The van der Waals surface area contributed by atoms with Gasteiger partial charge in [-0.2, -0.15) is 0 Å². The van der Waals surface area contributed by atoms with Gasteiger partial charge in [0, 0.05) is 42.2 Å². The summed E-state index contributed by atoms with van der Waals surface area (Å²) in [7, 11) is 0. The van der Waals surface area contributed by atoms with Crippen LogP contribution >= 0.6 is 11.6 Å². The Labute approximate surface area is 234 Å². The molecular weight excluding hydrogens is 547 g/mol. The number of aliphatic hydroxyl groups is 1. The van der Waals surface area contributed by atoms with E-state index in [0.29, 0.717) is 18.5 Å². The fourth-order valence-electron chi connectivity index (χ4n) is 5.24. The van der Waals surface area contributed by atoms with Crippen LogP contribution in [-0.4, -0.2) is 55.6 Å². The lowest BCUT2D eigenvalue weighted by Gasteiger charge is -2.44. The highest BCUT2D eigenvalue weighted by molar-refractivity contribution is 6.31. The number of hydrogen-bond donors (Lipinski definition) is 3. The van der Waals surface area contributed by atoms with E-state index in [4.69, 9.17) is 11.6 Å². The van der Waals surface area contributed by atoms with Gasteiger partial charge in [0.2, 0.25) is 5.91 Å². The average molecular weight is 576 g/mol. The molecule has 12 heteroatoms. The van der Waals surface area contributed by atoms with E-state index in [2.05, 4.69) is 10.3 Å². The Kier molecular flexibility index (Phi) is 8.29. The molecule has 40 heavy (non-hydrogen) atoms.